The van der Waals surface area contributed by atoms with Gasteiger partial charge in [-0.15, -0.1) is 0 Å². The molecule has 0 spiro atoms. The Bertz CT molecular complexity index is 169. The molecule has 0 aromatic rings. The molecule has 0 unspecified atom stereocenters. The van der Waals surface area contributed by atoms with Crippen LogP contribution in [0.2, 0.25) is 0 Å². The maximum absolute atomic E-state index is 5.38. The van der Waals surface area contributed by atoms with E-state index in [0.717, 1.165) is 25.7 Å². The first-order valence-corrected chi connectivity index (χ1v) is 5.88. The van der Waals surface area contributed by atoms with Crippen LogP contribution in [0.15, 0.2) is 0 Å². The van der Waals surface area contributed by atoms with Crippen LogP contribution in [0.3, 0.4) is 0 Å². The minimum absolute atomic E-state index is 0.670. The highest BCUT2D eigenvalue weighted by Crippen LogP contribution is 2.16. The molecule has 2 saturated heterocycles. The van der Waals surface area contributed by atoms with E-state index < -0.39 is 0 Å². The lowest BCUT2D eigenvalue weighted by molar-refractivity contribution is 0.0486. The molecule has 3 nitrogen and oxygen atoms in total. The lowest BCUT2D eigenvalue weighted by atomic mass is 9.99. The zero-order chi connectivity index (χ0) is 9.80. The number of hydrogen-bond donors (Lipinski definition) is 1. The third-order valence-electron chi connectivity index (χ3n) is 3.31. The summed E-state index contributed by atoms with van der Waals surface area (Å²) in [5.74, 6) is 0.883. The first-order chi connectivity index (χ1) is 6.84. The molecule has 3 heteroatoms. The molecule has 2 aliphatic heterocycles. The Kier molecular flexibility index (Phi) is 3.79. The number of nitrogens with zero attached hydrogens (tertiary/aromatic N) is 1. The van der Waals surface area contributed by atoms with Crippen molar-refractivity contribution in [1.29, 1.82) is 0 Å². The molecule has 2 heterocycles. The van der Waals surface area contributed by atoms with Crippen LogP contribution < -0.4 is 5.32 Å². The maximum Gasteiger partial charge on any atom is 0.0469 e. The van der Waals surface area contributed by atoms with Crippen molar-refractivity contribution in [2.75, 3.05) is 39.4 Å². The third kappa shape index (κ3) is 2.94. The summed E-state index contributed by atoms with van der Waals surface area (Å²) in [5.41, 5.74) is 0. The Morgan fingerprint density at radius 1 is 1.36 bits per heavy atom. The van der Waals surface area contributed by atoms with Crippen LogP contribution in [0.5, 0.6) is 0 Å². The van der Waals surface area contributed by atoms with E-state index in [9.17, 15) is 0 Å². The Labute approximate surface area is 86.8 Å². The maximum atomic E-state index is 5.38. The summed E-state index contributed by atoms with van der Waals surface area (Å²) in [6.45, 7) is 9.12. The molecule has 0 aromatic heterocycles. The Hall–Kier alpha value is -0.120. The van der Waals surface area contributed by atoms with Crippen molar-refractivity contribution in [3.63, 3.8) is 0 Å². The normalized spacial score (nSPS) is 31.9. The average molecular weight is 198 g/mol. The van der Waals surface area contributed by atoms with E-state index >= 15 is 0 Å². The lowest BCUT2D eigenvalue weighted by Crippen LogP contribution is -2.50. The van der Waals surface area contributed by atoms with Crippen molar-refractivity contribution in [2.24, 2.45) is 5.92 Å². The highest BCUT2D eigenvalue weighted by molar-refractivity contribution is 4.77. The fraction of sp³-hybridized carbons (Fsp3) is 1.00. The largest absolute Gasteiger partial charge is 0.381 e. The zero-order valence-electron chi connectivity index (χ0n) is 9.17. The van der Waals surface area contributed by atoms with E-state index in [-0.39, 0.29) is 0 Å². The SMILES string of the molecule is C[C@@H]1CN(CC2CCOCC2)CCN1. The van der Waals surface area contributed by atoms with Gasteiger partial charge < -0.3 is 15.0 Å². The summed E-state index contributed by atoms with van der Waals surface area (Å²) < 4.78 is 5.38. The average Bonchev–Trinajstić information content (AvgIpc) is 2.19. The van der Waals surface area contributed by atoms with E-state index in [1.54, 1.807) is 0 Å². The van der Waals surface area contributed by atoms with Crippen molar-refractivity contribution in [3.8, 4) is 0 Å². The number of piperazine rings is 1. The van der Waals surface area contributed by atoms with Crippen molar-refractivity contribution in [1.82, 2.24) is 10.2 Å². The van der Waals surface area contributed by atoms with Gasteiger partial charge in [0.1, 0.15) is 0 Å². The van der Waals surface area contributed by atoms with Crippen LogP contribution in [-0.4, -0.2) is 50.3 Å². The lowest BCUT2D eigenvalue weighted by Gasteiger charge is -2.35. The van der Waals surface area contributed by atoms with Crippen LogP contribution >= 0.6 is 0 Å². The number of hydrogen-bond acceptors (Lipinski definition) is 3. The molecule has 2 rings (SSSR count). The molecule has 0 saturated carbocycles. The van der Waals surface area contributed by atoms with Gasteiger partial charge in [0, 0.05) is 45.4 Å². The third-order valence-corrected chi connectivity index (χ3v) is 3.31. The molecular weight excluding hydrogens is 176 g/mol. The Balaban J connectivity index is 1.72. The fourth-order valence-corrected chi connectivity index (χ4v) is 2.47. The first-order valence-electron chi connectivity index (χ1n) is 5.88. The zero-order valence-corrected chi connectivity index (χ0v) is 9.17. The minimum atomic E-state index is 0.670. The van der Waals surface area contributed by atoms with Gasteiger partial charge in [-0.2, -0.15) is 0 Å². The molecular formula is C11H22N2O. The highest BCUT2D eigenvalue weighted by Gasteiger charge is 2.20. The van der Waals surface area contributed by atoms with E-state index in [4.69, 9.17) is 4.74 Å². The van der Waals surface area contributed by atoms with Gasteiger partial charge in [0.2, 0.25) is 0 Å². The second kappa shape index (κ2) is 5.10. The molecule has 0 aromatic carbocycles. The molecule has 1 atom stereocenters. The van der Waals surface area contributed by atoms with E-state index in [1.165, 1.54) is 32.5 Å². The number of ether oxygens (including phenoxy) is 1. The molecule has 0 bridgehead atoms. The predicted octanol–water partition coefficient (Wildman–Crippen LogP) is 0.707. The van der Waals surface area contributed by atoms with Crippen LogP contribution in [0.25, 0.3) is 0 Å². The minimum Gasteiger partial charge on any atom is -0.381 e. The van der Waals surface area contributed by atoms with E-state index in [1.807, 2.05) is 0 Å². The second-order valence-electron chi connectivity index (χ2n) is 4.67. The topological polar surface area (TPSA) is 24.5 Å². The molecule has 14 heavy (non-hydrogen) atoms. The molecule has 0 amide bonds. The molecule has 2 aliphatic rings. The van der Waals surface area contributed by atoms with Crippen molar-refractivity contribution in [3.05, 3.63) is 0 Å². The Morgan fingerprint density at radius 2 is 2.14 bits per heavy atom. The highest BCUT2D eigenvalue weighted by atomic mass is 16.5. The number of rotatable bonds is 2. The van der Waals surface area contributed by atoms with Gasteiger partial charge in [-0.25, -0.2) is 0 Å². The summed E-state index contributed by atoms with van der Waals surface area (Å²) in [5, 5.41) is 3.48. The Morgan fingerprint density at radius 3 is 2.86 bits per heavy atom. The summed E-state index contributed by atoms with van der Waals surface area (Å²) in [4.78, 5) is 2.61. The van der Waals surface area contributed by atoms with Gasteiger partial charge in [0.05, 0.1) is 0 Å². The van der Waals surface area contributed by atoms with Gasteiger partial charge in [-0.05, 0) is 25.7 Å². The first kappa shape index (κ1) is 10.4. The predicted molar refractivity (Wildman–Crippen MR) is 57.4 cm³/mol. The summed E-state index contributed by atoms with van der Waals surface area (Å²) >= 11 is 0. The van der Waals surface area contributed by atoms with Crippen LogP contribution in [0.1, 0.15) is 19.8 Å². The molecule has 2 fully saturated rings. The molecule has 1 N–H and O–H groups in total. The van der Waals surface area contributed by atoms with Gasteiger partial charge >= 0.3 is 0 Å². The van der Waals surface area contributed by atoms with Crippen molar-refractivity contribution in [2.45, 2.75) is 25.8 Å². The molecule has 0 radical (unpaired) electrons. The quantitative estimate of drug-likeness (QED) is 0.707. The molecule has 82 valence electrons. The van der Waals surface area contributed by atoms with Gasteiger partial charge in [0.25, 0.3) is 0 Å². The van der Waals surface area contributed by atoms with Gasteiger partial charge in [0.15, 0.2) is 0 Å². The van der Waals surface area contributed by atoms with E-state index in [0.29, 0.717) is 6.04 Å². The van der Waals surface area contributed by atoms with Crippen LogP contribution in [-0.2, 0) is 4.74 Å². The molecule has 0 aliphatic carbocycles. The monoisotopic (exact) mass is 198 g/mol. The van der Waals surface area contributed by atoms with E-state index in [2.05, 4.69) is 17.1 Å². The van der Waals surface area contributed by atoms with Crippen molar-refractivity contribution >= 4 is 0 Å². The number of nitrogens with one attached hydrogen (secondary N) is 1. The summed E-state index contributed by atoms with van der Waals surface area (Å²) in [6, 6.07) is 0.670. The summed E-state index contributed by atoms with van der Waals surface area (Å²) in [7, 11) is 0. The van der Waals surface area contributed by atoms with Crippen molar-refractivity contribution < 1.29 is 4.74 Å². The van der Waals surface area contributed by atoms with Crippen LogP contribution in [0, 0.1) is 5.92 Å². The van der Waals surface area contributed by atoms with Gasteiger partial charge in [-0.3, -0.25) is 0 Å². The smallest absolute Gasteiger partial charge is 0.0469 e. The van der Waals surface area contributed by atoms with Crippen LogP contribution in [0.4, 0.5) is 0 Å². The van der Waals surface area contributed by atoms with Gasteiger partial charge in [-0.1, -0.05) is 0 Å². The summed E-state index contributed by atoms with van der Waals surface area (Å²) in [6.07, 6.45) is 2.52. The second-order valence-corrected chi connectivity index (χ2v) is 4.67. The standard InChI is InChI=1S/C11H22N2O/c1-10-8-13(5-4-12-10)9-11-2-6-14-7-3-11/h10-12H,2-9H2,1H3/t10-/m1/s1. The fourth-order valence-electron chi connectivity index (χ4n) is 2.47.